The van der Waals surface area contributed by atoms with Crippen LogP contribution in [0.3, 0.4) is 0 Å². The van der Waals surface area contributed by atoms with Crippen LogP contribution in [-0.2, 0) is 4.74 Å². The van der Waals surface area contributed by atoms with Gasteiger partial charge in [0.1, 0.15) is 5.76 Å². The van der Waals surface area contributed by atoms with E-state index in [9.17, 15) is 4.39 Å². The smallest absolute Gasteiger partial charge is 0.160 e. The van der Waals surface area contributed by atoms with Crippen LogP contribution in [0.25, 0.3) is 0 Å². The lowest BCUT2D eigenvalue weighted by atomic mass is 10.1. The monoisotopic (exact) mass is 142 g/mol. The van der Waals surface area contributed by atoms with Gasteiger partial charge in [-0.1, -0.05) is 5.57 Å². The largest absolute Gasteiger partial charge is 0.498 e. The highest BCUT2D eigenvalue weighted by atomic mass is 19.1. The minimum absolute atomic E-state index is 0.216. The quantitative estimate of drug-likeness (QED) is 0.546. The summed E-state index contributed by atoms with van der Waals surface area (Å²) in [6.07, 6.45) is 3.14. The van der Waals surface area contributed by atoms with Crippen molar-refractivity contribution in [1.29, 1.82) is 0 Å². The summed E-state index contributed by atoms with van der Waals surface area (Å²) in [7, 11) is 1.50. The summed E-state index contributed by atoms with van der Waals surface area (Å²) in [5.74, 6) is 0.261. The molecule has 0 spiro atoms. The van der Waals surface area contributed by atoms with Crippen molar-refractivity contribution in [2.45, 2.75) is 19.8 Å². The van der Waals surface area contributed by atoms with Crippen LogP contribution in [0.15, 0.2) is 23.2 Å². The first-order valence-corrected chi connectivity index (χ1v) is 3.34. The normalized spacial score (nSPS) is 18.9. The third kappa shape index (κ3) is 1.38. The van der Waals surface area contributed by atoms with Gasteiger partial charge in [0.05, 0.1) is 7.11 Å². The molecule has 0 bridgehead atoms. The molecule has 0 saturated heterocycles. The fourth-order valence-corrected chi connectivity index (χ4v) is 0.999. The van der Waals surface area contributed by atoms with Crippen LogP contribution < -0.4 is 0 Å². The summed E-state index contributed by atoms with van der Waals surface area (Å²) in [6, 6.07) is 0. The van der Waals surface area contributed by atoms with Gasteiger partial charge in [0.2, 0.25) is 0 Å². The molecule has 10 heavy (non-hydrogen) atoms. The van der Waals surface area contributed by atoms with Crippen LogP contribution in [0.2, 0.25) is 0 Å². The second-order valence-corrected chi connectivity index (χ2v) is 2.47. The second kappa shape index (κ2) is 2.86. The first-order valence-electron chi connectivity index (χ1n) is 3.34. The van der Waals surface area contributed by atoms with E-state index in [2.05, 4.69) is 0 Å². The number of ether oxygens (including phenoxy) is 1. The van der Waals surface area contributed by atoms with E-state index in [0.717, 1.165) is 12.0 Å². The van der Waals surface area contributed by atoms with Crippen LogP contribution in [-0.4, -0.2) is 7.11 Å². The summed E-state index contributed by atoms with van der Waals surface area (Å²) >= 11 is 0. The molecule has 56 valence electrons. The predicted molar refractivity (Wildman–Crippen MR) is 38.1 cm³/mol. The Morgan fingerprint density at radius 1 is 1.50 bits per heavy atom. The summed E-state index contributed by atoms with van der Waals surface area (Å²) in [6.45, 7) is 1.92. The first-order chi connectivity index (χ1) is 4.74. The van der Waals surface area contributed by atoms with Gasteiger partial charge < -0.3 is 4.74 Å². The SMILES string of the molecule is COC1=C(F)C=C(C)CC1. The highest BCUT2D eigenvalue weighted by Crippen LogP contribution is 2.24. The van der Waals surface area contributed by atoms with Crippen LogP contribution in [0.4, 0.5) is 4.39 Å². The molecule has 0 atom stereocenters. The summed E-state index contributed by atoms with van der Waals surface area (Å²) < 4.78 is 17.6. The summed E-state index contributed by atoms with van der Waals surface area (Å²) in [4.78, 5) is 0. The molecule has 1 rings (SSSR count). The van der Waals surface area contributed by atoms with E-state index in [0.29, 0.717) is 12.2 Å². The van der Waals surface area contributed by atoms with Crippen LogP contribution in [0, 0.1) is 0 Å². The summed E-state index contributed by atoms with van der Waals surface area (Å²) in [5, 5.41) is 0. The van der Waals surface area contributed by atoms with Gasteiger partial charge in [-0.15, -0.1) is 0 Å². The molecule has 1 aliphatic rings. The lowest BCUT2D eigenvalue weighted by Gasteiger charge is -2.11. The molecular weight excluding hydrogens is 131 g/mol. The number of hydrogen-bond acceptors (Lipinski definition) is 1. The van der Waals surface area contributed by atoms with Gasteiger partial charge >= 0.3 is 0 Å². The molecule has 2 heteroatoms. The zero-order chi connectivity index (χ0) is 7.56. The molecule has 0 heterocycles. The standard InChI is InChI=1S/C8H11FO/c1-6-3-4-8(10-2)7(9)5-6/h5H,3-4H2,1-2H3. The van der Waals surface area contributed by atoms with E-state index >= 15 is 0 Å². The maximum Gasteiger partial charge on any atom is 0.160 e. The Kier molecular flexibility index (Phi) is 2.10. The molecule has 0 N–H and O–H groups in total. The maximum absolute atomic E-state index is 12.8. The number of rotatable bonds is 1. The Labute approximate surface area is 60.2 Å². The van der Waals surface area contributed by atoms with Crippen molar-refractivity contribution in [1.82, 2.24) is 0 Å². The number of halogens is 1. The minimum atomic E-state index is -0.216. The Morgan fingerprint density at radius 2 is 2.20 bits per heavy atom. The number of hydrogen-bond donors (Lipinski definition) is 0. The molecule has 0 aromatic carbocycles. The molecule has 0 aliphatic heterocycles. The minimum Gasteiger partial charge on any atom is -0.498 e. The lowest BCUT2D eigenvalue weighted by Crippen LogP contribution is -1.96. The molecule has 0 amide bonds. The summed E-state index contributed by atoms with van der Waals surface area (Å²) in [5.41, 5.74) is 1.08. The van der Waals surface area contributed by atoms with Crippen molar-refractivity contribution in [2.24, 2.45) is 0 Å². The molecule has 0 fully saturated rings. The molecule has 0 saturated carbocycles. The fraction of sp³-hybridized carbons (Fsp3) is 0.500. The molecule has 0 radical (unpaired) electrons. The Morgan fingerprint density at radius 3 is 2.70 bits per heavy atom. The van der Waals surface area contributed by atoms with E-state index in [4.69, 9.17) is 4.74 Å². The molecule has 0 aromatic rings. The van der Waals surface area contributed by atoms with Gasteiger partial charge in [0.15, 0.2) is 5.83 Å². The Hall–Kier alpha value is -0.790. The van der Waals surface area contributed by atoms with E-state index < -0.39 is 0 Å². The number of allylic oxidation sites excluding steroid dienone is 4. The molecule has 0 aromatic heterocycles. The molecule has 1 nitrogen and oxygen atoms in total. The van der Waals surface area contributed by atoms with Crippen molar-refractivity contribution in [3.63, 3.8) is 0 Å². The van der Waals surface area contributed by atoms with E-state index in [-0.39, 0.29) is 5.83 Å². The molecule has 1 aliphatic carbocycles. The maximum atomic E-state index is 12.8. The van der Waals surface area contributed by atoms with Gasteiger partial charge in [-0.3, -0.25) is 0 Å². The topological polar surface area (TPSA) is 9.23 Å². The van der Waals surface area contributed by atoms with Crippen molar-refractivity contribution in [2.75, 3.05) is 7.11 Å². The van der Waals surface area contributed by atoms with Gasteiger partial charge in [-0.05, 0) is 19.4 Å². The average Bonchev–Trinajstić information content (AvgIpc) is 1.88. The Bertz CT molecular complexity index is 191. The van der Waals surface area contributed by atoms with E-state index in [1.807, 2.05) is 6.92 Å². The van der Waals surface area contributed by atoms with E-state index in [1.165, 1.54) is 13.2 Å². The van der Waals surface area contributed by atoms with Gasteiger partial charge in [0.25, 0.3) is 0 Å². The highest BCUT2D eigenvalue weighted by molar-refractivity contribution is 5.24. The zero-order valence-electron chi connectivity index (χ0n) is 6.28. The van der Waals surface area contributed by atoms with E-state index in [1.54, 1.807) is 0 Å². The van der Waals surface area contributed by atoms with Gasteiger partial charge in [0, 0.05) is 6.42 Å². The average molecular weight is 142 g/mol. The van der Waals surface area contributed by atoms with Crippen molar-refractivity contribution < 1.29 is 9.13 Å². The first kappa shape index (κ1) is 7.32. The van der Waals surface area contributed by atoms with Crippen LogP contribution in [0.1, 0.15) is 19.8 Å². The van der Waals surface area contributed by atoms with Crippen molar-refractivity contribution in [3.8, 4) is 0 Å². The second-order valence-electron chi connectivity index (χ2n) is 2.47. The number of methoxy groups -OCH3 is 1. The molecular formula is C8H11FO. The zero-order valence-corrected chi connectivity index (χ0v) is 6.28. The Balaban J connectivity index is 2.80. The van der Waals surface area contributed by atoms with Crippen molar-refractivity contribution >= 4 is 0 Å². The van der Waals surface area contributed by atoms with Crippen LogP contribution in [0.5, 0.6) is 0 Å². The van der Waals surface area contributed by atoms with Gasteiger partial charge in [-0.2, -0.15) is 0 Å². The predicted octanol–water partition coefficient (Wildman–Crippen LogP) is 2.55. The fourth-order valence-electron chi connectivity index (χ4n) is 0.999. The van der Waals surface area contributed by atoms with Crippen LogP contribution >= 0.6 is 0 Å². The van der Waals surface area contributed by atoms with Crippen molar-refractivity contribution in [3.05, 3.63) is 23.2 Å². The lowest BCUT2D eigenvalue weighted by molar-refractivity contribution is 0.261. The third-order valence-electron chi connectivity index (χ3n) is 1.63. The van der Waals surface area contributed by atoms with Gasteiger partial charge in [-0.25, -0.2) is 4.39 Å². The molecule has 0 unspecified atom stereocenters. The highest BCUT2D eigenvalue weighted by Gasteiger charge is 2.10. The third-order valence-corrected chi connectivity index (χ3v) is 1.63.